The average Bonchev–Trinajstić information content (AvgIpc) is 2.93. The highest BCUT2D eigenvalue weighted by Crippen LogP contribution is 2.39. The lowest BCUT2D eigenvalue weighted by molar-refractivity contribution is -0.217. The van der Waals surface area contributed by atoms with Gasteiger partial charge in [-0.2, -0.15) is 13.2 Å². The van der Waals surface area contributed by atoms with E-state index in [0.717, 1.165) is 42.7 Å². The number of piperidine rings is 1. The standard InChI is InChI=1S/C32H37F3N2O2/c1-31(2,32(33,34)35)23-36-19-17-25(18-20-36)22-37(21-24-7-5-4-6-8-24)29-15-13-27(14-16-29)26-9-11-28(12-10-26)30(38)39-3/h4-16,25H,17-23H2,1-3H3. The van der Waals surface area contributed by atoms with E-state index >= 15 is 0 Å². The van der Waals surface area contributed by atoms with Gasteiger partial charge in [0, 0.05) is 25.3 Å². The largest absolute Gasteiger partial charge is 0.465 e. The molecule has 1 heterocycles. The van der Waals surface area contributed by atoms with E-state index < -0.39 is 11.6 Å². The number of likely N-dealkylation sites (tertiary alicyclic amines) is 1. The molecule has 1 fully saturated rings. The van der Waals surface area contributed by atoms with Gasteiger partial charge in [0.15, 0.2) is 0 Å². The van der Waals surface area contributed by atoms with Gasteiger partial charge in [-0.05, 0) is 86.7 Å². The summed E-state index contributed by atoms with van der Waals surface area (Å²) in [7, 11) is 1.37. The number of hydrogen-bond donors (Lipinski definition) is 0. The highest BCUT2D eigenvalue weighted by molar-refractivity contribution is 5.90. The first-order chi connectivity index (χ1) is 18.6. The second-order valence-corrected chi connectivity index (χ2v) is 11.1. The van der Waals surface area contributed by atoms with Crippen LogP contribution in [0.4, 0.5) is 18.9 Å². The van der Waals surface area contributed by atoms with Crippen molar-refractivity contribution in [3.05, 3.63) is 90.0 Å². The number of esters is 1. The molecule has 0 aromatic heterocycles. The Bertz CT molecular complexity index is 1200. The molecule has 0 unspecified atom stereocenters. The van der Waals surface area contributed by atoms with Gasteiger partial charge in [0.1, 0.15) is 0 Å². The summed E-state index contributed by atoms with van der Waals surface area (Å²) in [5, 5.41) is 0. The van der Waals surface area contributed by atoms with Crippen molar-refractivity contribution in [3.63, 3.8) is 0 Å². The number of hydrogen-bond acceptors (Lipinski definition) is 4. The van der Waals surface area contributed by atoms with E-state index in [4.69, 9.17) is 4.74 Å². The van der Waals surface area contributed by atoms with E-state index in [-0.39, 0.29) is 12.5 Å². The fraction of sp³-hybridized carbons (Fsp3) is 0.406. The third-order valence-electron chi connectivity index (χ3n) is 7.66. The lowest BCUT2D eigenvalue weighted by Crippen LogP contribution is -2.47. The molecule has 0 amide bonds. The van der Waals surface area contributed by atoms with Crippen LogP contribution in [0.1, 0.15) is 42.6 Å². The summed E-state index contributed by atoms with van der Waals surface area (Å²) >= 11 is 0. The predicted octanol–water partition coefficient (Wildman–Crippen LogP) is 7.45. The number of alkyl halides is 3. The van der Waals surface area contributed by atoms with Gasteiger partial charge in [0.25, 0.3) is 0 Å². The molecule has 0 radical (unpaired) electrons. The smallest absolute Gasteiger partial charge is 0.395 e. The molecule has 0 bridgehead atoms. The number of halogens is 3. The van der Waals surface area contributed by atoms with Crippen LogP contribution in [0, 0.1) is 11.3 Å². The lowest BCUT2D eigenvalue weighted by Gasteiger charge is -2.39. The zero-order chi connectivity index (χ0) is 28.0. The minimum absolute atomic E-state index is 0.0407. The molecule has 0 spiro atoms. The van der Waals surface area contributed by atoms with Crippen LogP contribution >= 0.6 is 0 Å². The number of rotatable bonds is 9. The number of anilines is 1. The molecule has 0 N–H and O–H groups in total. The summed E-state index contributed by atoms with van der Waals surface area (Å²) in [4.78, 5) is 16.1. The fourth-order valence-electron chi connectivity index (χ4n) is 5.13. The Morgan fingerprint density at radius 3 is 2.00 bits per heavy atom. The van der Waals surface area contributed by atoms with Crippen LogP contribution in [-0.2, 0) is 11.3 Å². The van der Waals surface area contributed by atoms with Gasteiger partial charge in [-0.15, -0.1) is 0 Å². The van der Waals surface area contributed by atoms with Crippen molar-refractivity contribution in [2.75, 3.05) is 38.2 Å². The Hall–Kier alpha value is -3.32. The Kier molecular flexibility index (Phi) is 9.01. The number of nitrogens with zero attached hydrogens (tertiary/aromatic N) is 2. The lowest BCUT2D eigenvalue weighted by atomic mass is 9.89. The Labute approximate surface area is 229 Å². The first-order valence-corrected chi connectivity index (χ1v) is 13.4. The predicted molar refractivity (Wildman–Crippen MR) is 150 cm³/mol. The van der Waals surface area contributed by atoms with Crippen molar-refractivity contribution in [2.45, 2.75) is 39.4 Å². The topological polar surface area (TPSA) is 32.8 Å². The fourth-order valence-corrected chi connectivity index (χ4v) is 5.13. The summed E-state index contributed by atoms with van der Waals surface area (Å²) < 4.78 is 44.9. The van der Waals surface area contributed by atoms with Gasteiger partial charge in [0.05, 0.1) is 18.1 Å². The van der Waals surface area contributed by atoms with E-state index in [1.807, 2.05) is 35.2 Å². The molecular weight excluding hydrogens is 501 g/mol. The minimum atomic E-state index is -4.20. The van der Waals surface area contributed by atoms with Gasteiger partial charge < -0.3 is 14.5 Å². The van der Waals surface area contributed by atoms with Gasteiger partial charge in [-0.3, -0.25) is 0 Å². The summed E-state index contributed by atoms with van der Waals surface area (Å²) in [6, 6.07) is 26.1. The maximum atomic E-state index is 13.4. The Balaban J connectivity index is 1.44. The van der Waals surface area contributed by atoms with Crippen molar-refractivity contribution < 1.29 is 22.7 Å². The molecule has 0 atom stereocenters. The van der Waals surface area contributed by atoms with Crippen molar-refractivity contribution in [2.24, 2.45) is 11.3 Å². The molecule has 0 saturated carbocycles. The molecule has 4 nitrogen and oxygen atoms in total. The van der Waals surface area contributed by atoms with E-state index in [0.29, 0.717) is 24.6 Å². The normalized spacial score (nSPS) is 15.2. The molecule has 7 heteroatoms. The molecule has 0 aliphatic carbocycles. The van der Waals surface area contributed by atoms with Crippen LogP contribution in [0.5, 0.6) is 0 Å². The highest BCUT2D eigenvalue weighted by Gasteiger charge is 2.48. The summed E-state index contributed by atoms with van der Waals surface area (Å²) in [6.07, 6.45) is -2.44. The van der Waals surface area contributed by atoms with Crippen molar-refractivity contribution >= 4 is 11.7 Å². The van der Waals surface area contributed by atoms with Crippen LogP contribution in [0.25, 0.3) is 11.1 Å². The van der Waals surface area contributed by atoms with Crippen LogP contribution in [0.2, 0.25) is 0 Å². The number of carbonyl (C=O) groups is 1. The van der Waals surface area contributed by atoms with Crippen molar-refractivity contribution in [1.29, 1.82) is 0 Å². The maximum Gasteiger partial charge on any atom is 0.395 e. The van der Waals surface area contributed by atoms with Gasteiger partial charge in [0.2, 0.25) is 0 Å². The molecule has 39 heavy (non-hydrogen) atoms. The van der Waals surface area contributed by atoms with E-state index in [1.165, 1.54) is 26.5 Å². The van der Waals surface area contributed by atoms with Crippen LogP contribution in [0.3, 0.4) is 0 Å². The highest BCUT2D eigenvalue weighted by atomic mass is 19.4. The third-order valence-corrected chi connectivity index (χ3v) is 7.66. The quantitative estimate of drug-likeness (QED) is 0.265. The Morgan fingerprint density at radius 2 is 1.46 bits per heavy atom. The number of carbonyl (C=O) groups excluding carboxylic acids is 1. The van der Waals surface area contributed by atoms with Crippen molar-refractivity contribution in [3.8, 4) is 11.1 Å². The molecule has 1 saturated heterocycles. The van der Waals surface area contributed by atoms with E-state index in [2.05, 4.69) is 41.3 Å². The molecular formula is C32H37F3N2O2. The molecule has 1 aliphatic heterocycles. The van der Waals surface area contributed by atoms with E-state index in [1.54, 1.807) is 12.1 Å². The van der Waals surface area contributed by atoms with Gasteiger partial charge >= 0.3 is 12.1 Å². The summed E-state index contributed by atoms with van der Waals surface area (Å²) in [6.45, 7) is 5.59. The van der Waals surface area contributed by atoms with Crippen LogP contribution < -0.4 is 4.90 Å². The SMILES string of the molecule is COC(=O)c1ccc(-c2ccc(N(Cc3ccccc3)CC3CCN(CC(C)(C)C(F)(F)F)CC3)cc2)cc1. The van der Waals surface area contributed by atoms with Gasteiger partial charge in [-0.25, -0.2) is 4.79 Å². The average molecular weight is 539 g/mol. The molecule has 4 rings (SSSR count). The summed E-state index contributed by atoms with van der Waals surface area (Å²) in [5.74, 6) is 0.0489. The monoisotopic (exact) mass is 538 g/mol. The number of methoxy groups -OCH3 is 1. The molecule has 208 valence electrons. The number of ether oxygens (including phenoxy) is 1. The molecule has 1 aliphatic rings. The minimum Gasteiger partial charge on any atom is -0.465 e. The first kappa shape index (κ1) is 28.7. The first-order valence-electron chi connectivity index (χ1n) is 13.4. The van der Waals surface area contributed by atoms with E-state index in [9.17, 15) is 18.0 Å². The maximum absolute atomic E-state index is 13.4. The van der Waals surface area contributed by atoms with Gasteiger partial charge in [-0.1, -0.05) is 54.6 Å². The zero-order valence-corrected chi connectivity index (χ0v) is 22.9. The molecule has 3 aromatic rings. The molecule has 3 aromatic carbocycles. The second kappa shape index (κ2) is 12.2. The Morgan fingerprint density at radius 1 is 0.897 bits per heavy atom. The van der Waals surface area contributed by atoms with Crippen LogP contribution in [0.15, 0.2) is 78.9 Å². The zero-order valence-electron chi connectivity index (χ0n) is 22.9. The third kappa shape index (κ3) is 7.41. The van der Waals surface area contributed by atoms with Crippen molar-refractivity contribution in [1.82, 2.24) is 4.90 Å². The second-order valence-electron chi connectivity index (χ2n) is 11.1. The summed E-state index contributed by atoms with van der Waals surface area (Å²) in [5.41, 5.74) is 3.19. The van der Waals surface area contributed by atoms with Crippen LogP contribution in [-0.4, -0.2) is 50.3 Å². The number of benzene rings is 3.